The van der Waals surface area contributed by atoms with Crippen LogP contribution in [0.25, 0.3) is 17.2 Å². The van der Waals surface area contributed by atoms with Crippen molar-refractivity contribution in [3.05, 3.63) is 101 Å². The number of piperazine rings is 1. The van der Waals surface area contributed by atoms with Crippen molar-refractivity contribution in [2.75, 3.05) is 32.7 Å². The number of halogens is 1. The van der Waals surface area contributed by atoms with Crippen molar-refractivity contribution in [1.29, 1.82) is 0 Å². The van der Waals surface area contributed by atoms with E-state index in [1.807, 2.05) is 0 Å². The maximum absolute atomic E-state index is 3.51. The summed E-state index contributed by atoms with van der Waals surface area (Å²) in [6.45, 7) is 7.85. The fourth-order valence-corrected chi connectivity index (χ4v) is 4.31. The first kappa shape index (κ1) is 21.0. The molecule has 0 aromatic heterocycles. The molecule has 0 radical (unpaired) electrons. The molecule has 0 saturated carbocycles. The molecule has 3 heteroatoms. The van der Waals surface area contributed by atoms with Crippen LogP contribution in [0.5, 0.6) is 0 Å². The van der Waals surface area contributed by atoms with E-state index in [2.05, 4.69) is 124 Å². The Morgan fingerprint density at radius 1 is 0.800 bits per heavy atom. The summed E-state index contributed by atoms with van der Waals surface area (Å²) in [6.07, 6.45) is 4.51. The molecule has 3 aromatic rings. The fraction of sp³-hybridized carbons (Fsp3) is 0.259. The van der Waals surface area contributed by atoms with Crippen molar-refractivity contribution in [2.45, 2.75) is 13.0 Å². The third-order valence-corrected chi connectivity index (χ3v) is 6.53. The van der Waals surface area contributed by atoms with Gasteiger partial charge in [0.15, 0.2) is 0 Å². The summed E-state index contributed by atoms with van der Waals surface area (Å²) in [5.74, 6) is 0. The first-order valence-electron chi connectivity index (χ1n) is 10.7. The molecule has 1 unspecified atom stereocenters. The lowest BCUT2D eigenvalue weighted by molar-refractivity contribution is 0.110. The number of hydrogen-bond donors (Lipinski definition) is 0. The topological polar surface area (TPSA) is 6.48 Å². The summed E-state index contributed by atoms with van der Waals surface area (Å²) in [6, 6.07) is 28.6. The Labute approximate surface area is 189 Å². The van der Waals surface area contributed by atoms with Crippen LogP contribution in [0.3, 0.4) is 0 Å². The van der Waals surface area contributed by atoms with Gasteiger partial charge in [0.05, 0.1) is 0 Å². The van der Waals surface area contributed by atoms with Crippen molar-refractivity contribution in [3.63, 3.8) is 0 Å². The molecule has 1 atom stereocenters. The van der Waals surface area contributed by atoms with E-state index in [9.17, 15) is 0 Å². The van der Waals surface area contributed by atoms with E-state index in [4.69, 9.17) is 0 Å². The third-order valence-electron chi connectivity index (χ3n) is 6.00. The Hall–Kier alpha value is -2.20. The molecule has 0 N–H and O–H groups in total. The van der Waals surface area contributed by atoms with Gasteiger partial charge in [0, 0.05) is 43.2 Å². The highest BCUT2D eigenvalue weighted by molar-refractivity contribution is 9.10. The van der Waals surface area contributed by atoms with Gasteiger partial charge >= 0.3 is 0 Å². The molecule has 30 heavy (non-hydrogen) atoms. The molecular formula is C27H29BrN2. The second-order valence-electron chi connectivity index (χ2n) is 7.95. The lowest BCUT2D eigenvalue weighted by atomic mass is 10.0. The van der Waals surface area contributed by atoms with Gasteiger partial charge in [-0.1, -0.05) is 94.8 Å². The van der Waals surface area contributed by atoms with Crippen molar-refractivity contribution in [1.82, 2.24) is 9.80 Å². The second kappa shape index (κ2) is 10.2. The van der Waals surface area contributed by atoms with Gasteiger partial charge in [0.1, 0.15) is 0 Å². The van der Waals surface area contributed by atoms with E-state index in [-0.39, 0.29) is 0 Å². The van der Waals surface area contributed by atoms with Gasteiger partial charge in [-0.15, -0.1) is 0 Å². The Balaban J connectivity index is 1.29. The molecule has 1 heterocycles. The lowest BCUT2D eigenvalue weighted by Gasteiger charge is -2.38. The molecule has 154 valence electrons. The Morgan fingerprint density at radius 2 is 1.40 bits per heavy atom. The summed E-state index contributed by atoms with van der Waals surface area (Å²) in [5.41, 5.74) is 5.20. The first-order valence-corrected chi connectivity index (χ1v) is 11.5. The number of hydrogen-bond acceptors (Lipinski definition) is 2. The van der Waals surface area contributed by atoms with Gasteiger partial charge in [-0.2, -0.15) is 0 Å². The molecule has 1 fully saturated rings. The zero-order valence-electron chi connectivity index (χ0n) is 17.5. The van der Waals surface area contributed by atoms with Crippen LogP contribution in [0.4, 0.5) is 0 Å². The smallest absolute Gasteiger partial charge is 0.0320 e. The highest BCUT2D eigenvalue weighted by Crippen LogP contribution is 2.26. The van der Waals surface area contributed by atoms with E-state index < -0.39 is 0 Å². The molecule has 2 nitrogen and oxygen atoms in total. The molecule has 1 aliphatic rings. The van der Waals surface area contributed by atoms with E-state index >= 15 is 0 Å². The SMILES string of the molecule is CC(c1ccc(-c2ccc(Br)cc2)cc1)N1CCN(C/C=C/c2ccccc2)CC1. The zero-order valence-corrected chi connectivity index (χ0v) is 19.1. The molecule has 0 spiro atoms. The van der Waals surface area contributed by atoms with Crippen LogP contribution >= 0.6 is 15.9 Å². The summed E-state index contributed by atoms with van der Waals surface area (Å²) in [5, 5.41) is 0. The predicted molar refractivity (Wildman–Crippen MR) is 131 cm³/mol. The maximum Gasteiger partial charge on any atom is 0.0320 e. The average molecular weight is 461 g/mol. The Kier molecular flexibility index (Phi) is 7.16. The minimum absolute atomic E-state index is 0.450. The standard InChI is InChI=1S/C27H29BrN2/c1-22(24-9-11-25(12-10-24)26-13-15-27(28)16-14-26)30-20-18-29(19-21-30)17-5-8-23-6-3-2-4-7-23/h2-16,22H,17-21H2,1H3/b8-5+. The van der Waals surface area contributed by atoms with Crippen LogP contribution in [0.2, 0.25) is 0 Å². The maximum atomic E-state index is 3.51. The fourth-order valence-electron chi connectivity index (χ4n) is 4.04. The van der Waals surface area contributed by atoms with Gasteiger partial charge in [0.2, 0.25) is 0 Å². The molecule has 4 rings (SSSR count). The van der Waals surface area contributed by atoms with Crippen molar-refractivity contribution < 1.29 is 0 Å². The molecule has 0 amide bonds. The minimum atomic E-state index is 0.450. The van der Waals surface area contributed by atoms with Gasteiger partial charge in [-0.25, -0.2) is 0 Å². The van der Waals surface area contributed by atoms with Crippen LogP contribution in [0.1, 0.15) is 24.1 Å². The zero-order chi connectivity index (χ0) is 20.8. The number of rotatable bonds is 6. The second-order valence-corrected chi connectivity index (χ2v) is 8.87. The lowest BCUT2D eigenvalue weighted by Crippen LogP contribution is -2.47. The van der Waals surface area contributed by atoms with E-state index in [0.717, 1.165) is 37.2 Å². The Bertz CT molecular complexity index is 940. The van der Waals surface area contributed by atoms with Crippen LogP contribution < -0.4 is 0 Å². The monoisotopic (exact) mass is 460 g/mol. The van der Waals surface area contributed by atoms with Crippen LogP contribution in [-0.2, 0) is 0 Å². The van der Waals surface area contributed by atoms with Crippen LogP contribution in [0.15, 0.2) is 89.4 Å². The van der Waals surface area contributed by atoms with Gasteiger partial charge < -0.3 is 0 Å². The summed E-state index contributed by atoms with van der Waals surface area (Å²) in [4.78, 5) is 5.14. The highest BCUT2D eigenvalue weighted by Gasteiger charge is 2.21. The van der Waals surface area contributed by atoms with E-state index in [1.165, 1.54) is 22.3 Å². The summed E-state index contributed by atoms with van der Waals surface area (Å²) < 4.78 is 1.12. The number of benzene rings is 3. The average Bonchev–Trinajstić information content (AvgIpc) is 2.80. The summed E-state index contributed by atoms with van der Waals surface area (Å²) >= 11 is 3.51. The van der Waals surface area contributed by atoms with Gasteiger partial charge in [-0.3, -0.25) is 9.80 Å². The van der Waals surface area contributed by atoms with Gasteiger partial charge in [0.25, 0.3) is 0 Å². The molecule has 0 bridgehead atoms. The highest BCUT2D eigenvalue weighted by atomic mass is 79.9. The third kappa shape index (κ3) is 5.48. The van der Waals surface area contributed by atoms with E-state index in [1.54, 1.807) is 0 Å². The van der Waals surface area contributed by atoms with Crippen molar-refractivity contribution >= 4 is 22.0 Å². The normalized spacial score (nSPS) is 16.7. The molecular weight excluding hydrogens is 432 g/mol. The number of nitrogens with zero attached hydrogens (tertiary/aromatic N) is 2. The van der Waals surface area contributed by atoms with Crippen LogP contribution in [-0.4, -0.2) is 42.5 Å². The quantitative estimate of drug-likeness (QED) is 0.413. The van der Waals surface area contributed by atoms with Crippen LogP contribution in [0, 0.1) is 0 Å². The molecule has 1 saturated heterocycles. The first-order chi connectivity index (χ1) is 14.7. The minimum Gasteiger partial charge on any atom is -0.297 e. The Morgan fingerprint density at radius 3 is 2.03 bits per heavy atom. The van der Waals surface area contributed by atoms with Crippen molar-refractivity contribution in [2.24, 2.45) is 0 Å². The molecule has 1 aliphatic heterocycles. The largest absolute Gasteiger partial charge is 0.297 e. The van der Waals surface area contributed by atoms with Crippen molar-refractivity contribution in [3.8, 4) is 11.1 Å². The van der Waals surface area contributed by atoms with E-state index in [0.29, 0.717) is 6.04 Å². The molecule has 0 aliphatic carbocycles. The summed E-state index contributed by atoms with van der Waals surface area (Å²) in [7, 11) is 0. The van der Waals surface area contributed by atoms with Gasteiger partial charge in [-0.05, 0) is 41.3 Å². The molecule has 3 aromatic carbocycles. The predicted octanol–water partition coefficient (Wildman–Crippen LogP) is 6.51.